The highest BCUT2D eigenvalue weighted by Gasteiger charge is 2.51. The van der Waals surface area contributed by atoms with Gasteiger partial charge in [-0.25, -0.2) is 4.79 Å². The van der Waals surface area contributed by atoms with Crippen LogP contribution in [-0.2, 0) is 41.8 Å². The predicted octanol–water partition coefficient (Wildman–Crippen LogP) is 3.91. The van der Waals surface area contributed by atoms with E-state index in [1.165, 1.54) is 7.11 Å². The van der Waals surface area contributed by atoms with Crippen LogP contribution in [0.5, 0.6) is 17.2 Å². The fraction of sp³-hybridized carbons (Fsp3) is 0.364. The van der Waals surface area contributed by atoms with Crippen LogP contribution >= 0.6 is 0 Å². The third-order valence-electron chi connectivity index (χ3n) is 7.54. The van der Waals surface area contributed by atoms with Crippen LogP contribution in [0, 0.1) is 0 Å². The van der Waals surface area contributed by atoms with Crippen molar-refractivity contribution in [2.45, 2.75) is 50.6 Å². The molecule has 0 spiro atoms. The Morgan fingerprint density at radius 1 is 0.705 bits per heavy atom. The van der Waals surface area contributed by atoms with E-state index in [-0.39, 0.29) is 38.2 Å². The van der Waals surface area contributed by atoms with Crippen molar-refractivity contribution >= 4 is 17.8 Å². The molecular weight excluding hydrogens is 570 g/mol. The number of likely N-dealkylation sites (tertiary alicyclic amines) is 1. The molecule has 2 fully saturated rings. The number of nitrogens with zero attached hydrogens (tertiary/aromatic N) is 1. The molecule has 44 heavy (non-hydrogen) atoms. The first-order chi connectivity index (χ1) is 21.4. The van der Waals surface area contributed by atoms with Gasteiger partial charge in [0.1, 0.15) is 29.5 Å². The highest BCUT2D eigenvalue weighted by atomic mass is 16.6. The number of hydrogen-bond acceptors (Lipinski definition) is 10. The lowest BCUT2D eigenvalue weighted by atomic mass is 10.0. The van der Waals surface area contributed by atoms with Gasteiger partial charge in [-0.1, -0.05) is 24.3 Å². The molecule has 0 radical (unpaired) electrons. The summed E-state index contributed by atoms with van der Waals surface area (Å²) in [7, 11) is 4.70. The molecule has 4 atom stereocenters. The van der Waals surface area contributed by atoms with Crippen LogP contribution in [0.15, 0.2) is 72.8 Å². The summed E-state index contributed by atoms with van der Waals surface area (Å²) >= 11 is 0. The second kappa shape index (κ2) is 14.3. The lowest BCUT2D eigenvalue weighted by molar-refractivity contribution is -0.248. The van der Waals surface area contributed by atoms with E-state index >= 15 is 0 Å². The predicted molar refractivity (Wildman–Crippen MR) is 156 cm³/mol. The van der Waals surface area contributed by atoms with Crippen molar-refractivity contribution in [3.8, 4) is 17.2 Å². The molecule has 11 nitrogen and oxygen atoms in total. The molecule has 0 N–H and O–H groups in total. The molecule has 0 aliphatic carbocycles. The number of carbonyl (C=O) groups excluding carboxylic acids is 3. The largest absolute Gasteiger partial charge is 0.497 e. The lowest BCUT2D eigenvalue weighted by Gasteiger charge is -2.43. The Morgan fingerprint density at radius 2 is 1.18 bits per heavy atom. The zero-order valence-corrected chi connectivity index (χ0v) is 24.8. The zero-order valence-electron chi connectivity index (χ0n) is 24.8. The van der Waals surface area contributed by atoms with E-state index in [1.807, 2.05) is 48.5 Å². The monoisotopic (exact) mass is 605 g/mol. The Labute approximate surface area is 255 Å². The lowest BCUT2D eigenvalue weighted by Crippen LogP contribution is -2.62. The molecular formula is C33H35NO10. The zero-order chi connectivity index (χ0) is 31.1. The van der Waals surface area contributed by atoms with Gasteiger partial charge in [0.15, 0.2) is 12.3 Å². The third kappa shape index (κ3) is 7.19. The molecule has 232 valence electrons. The Kier molecular flexibility index (Phi) is 10.1. The number of benzene rings is 3. The molecule has 2 saturated heterocycles. The number of rotatable bonds is 12. The molecule has 0 bridgehead atoms. The van der Waals surface area contributed by atoms with Crippen LogP contribution < -0.4 is 14.2 Å². The molecule has 0 aromatic heterocycles. The summed E-state index contributed by atoms with van der Waals surface area (Å²) in [5.74, 6) is 0.483. The van der Waals surface area contributed by atoms with Crippen LogP contribution in [0.4, 0.5) is 0 Å². The maximum absolute atomic E-state index is 13.4. The SMILES string of the molecule is COc1ccc(CO[C@@H]2[C@@H](OC(=O)c3ccc(OC)cc3)[C@H](N3C(=O)CCC3=O)OC[C@H]2OCc2ccc(OC)cc2)cc1. The van der Waals surface area contributed by atoms with Crippen molar-refractivity contribution in [2.75, 3.05) is 27.9 Å². The number of methoxy groups -OCH3 is 3. The van der Waals surface area contributed by atoms with Crippen molar-refractivity contribution in [1.29, 1.82) is 0 Å². The molecule has 2 heterocycles. The normalized spacial score (nSPS) is 21.7. The molecule has 0 unspecified atom stereocenters. The molecule has 3 aromatic carbocycles. The van der Waals surface area contributed by atoms with E-state index < -0.39 is 42.3 Å². The van der Waals surface area contributed by atoms with Gasteiger partial charge in [0.05, 0.1) is 46.7 Å². The van der Waals surface area contributed by atoms with Crippen molar-refractivity contribution in [3.63, 3.8) is 0 Å². The molecule has 2 amide bonds. The Balaban J connectivity index is 1.44. The summed E-state index contributed by atoms with van der Waals surface area (Å²) in [6.07, 6.45) is -3.91. The maximum Gasteiger partial charge on any atom is 0.338 e. The van der Waals surface area contributed by atoms with E-state index in [0.717, 1.165) is 16.0 Å². The Bertz CT molecular complexity index is 1410. The molecule has 11 heteroatoms. The van der Waals surface area contributed by atoms with Crippen molar-refractivity contribution in [3.05, 3.63) is 89.5 Å². The number of ether oxygens (including phenoxy) is 7. The average Bonchev–Trinajstić information content (AvgIpc) is 3.40. The first-order valence-electron chi connectivity index (χ1n) is 14.2. The minimum Gasteiger partial charge on any atom is -0.497 e. The fourth-order valence-corrected chi connectivity index (χ4v) is 5.08. The number of amides is 2. The summed E-state index contributed by atoms with van der Waals surface area (Å²) < 4.78 is 40.5. The van der Waals surface area contributed by atoms with Gasteiger partial charge in [0, 0.05) is 12.8 Å². The van der Waals surface area contributed by atoms with E-state index in [2.05, 4.69) is 0 Å². The van der Waals surface area contributed by atoms with Gasteiger partial charge in [0.2, 0.25) is 11.8 Å². The first kappa shape index (κ1) is 31.0. The molecule has 2 aliphatic heterocycles. The van der Waals surface area contributed by atoms with Crippen molar-refractivity contribution in [1.82, 2.24) is 4.90 Å². The standard InChI is InChI=1S/C33H35NO10/c1-38-24-10-4-21(5-11-24)18-41-27-20-43-32(34-28(35)16-17-29(34)36)31(44-33(37)23-8-14-26(40-3)15-9-23)30(27)42-19-22-6-12-25(39-2)13-7-22/h4-15,27,30-32H,16-20H2,1-3H3/t27-,30+,31-,32-/m1/s1. The summed E-state index contributed by atoms with van der Waals surface area (Å²) in [6, 6.07) is 21.1. The summed E-state index contributed by atoms with van der Waals surface area (Å²) in [4.78, 5) is 40.1. The minimum atomic E-state index is -1.19. The van der Waals surface area contributed by atoms with E-state index in [4.69, 9.17) is 33.2 Å². The molecule has 0 saturated carbocycles. The van der Waals surface area contributed by atoms with Crippen molar-refractivity contribution < 1.29 is 47.5 Å². The summed E-state index contributed by atoms with van der Waals surface area (Å²) in [6.45, 7) is 0.315. The van der Waals surface area contributed by atoms with Crippen molar-refractivity contribution in [2.24, 2.45) is 0 Å². The van der Waals surface area contributed by atoms with E-state index in [0.29, 0.717) is 17.2 Å². The van der Waals surface area contributed by atoms with Gasteiger partial charge in [-0.2, -0.15) is 0 Å². The van der Waals surface area contributed by atoms with Gasteiger partial charge in [-0.05, 0) is 59.7 Å². The van der Waals surface area contributed by atoms with Crippen LogP contribution in [0.25, 0.3) is 0 Å². The Hall–Kier alpha value is -4.45. The van der Waals surface area contributed by atoms with Crippen LogP contribution in [0.1, 0.15) is 34.3 Å². The topological polar surface area (TPSA) is 119 Å². The van der Waals surface area contributed by atoms with Gasteiger partial charge in [-0.3, -0.25) is 14.5 Å². The van der Waals surface area contributed by atoms with E-state index in [9.17, 15) is 14.4 Å². The van der Waals surface area contributed by atoms with E-state index in [1.54, 1.807) is 38.5 Å². The summed E-state index contributed by atoms with van der Waals surface area (Å²) in [5, 5.41) is 0. The number of carbonyl (C=O) groups is 3. The minimum absolute atomic E-state index is 0.0122. The number of imide groups is 1. The quantitative estimate of drug-likeness (QED) is 0.222. The highest BCUT2D eigenvalue weighted by molar-refractivity contribution is 6.02. The fourth-order valence-electron chi connectivity index (χ4n) is 5.08. The highest BCUT2D eigenvalue weighted by Crippen LogP contribution is 2.31. The Morgan fingerprint density at radius 3 is 1.68 bits per heavy atom. The molecule has 5 rings (SSSR count). The third-order valence-corrected chi connectivity index (χ3v) is 7.54. The molecule has 3 aromatic rings. The second-order valence-electron chi connectivity index (χ2n) is 10.3. The average molecular weight is 606 g/mol. The summed E-state index contributed by atoms with van der Waals surface area (Å²) in [5.41, 5.74) is 1.95. The number of esters is 1. The second-order valence-corrected chi connectivity index (χ2v) is 10.3. The van der Waals surface area contributed by atoms with Gasteiger partial charge in [0.25, 0.3) is 0 Å². The van der Waals surface area contributed by atoms with Gasteiger partial charge in [-0.15, -0.1) is 0 Å². The maximum atomic E-state index is 13.4. The molecule has 2 aliphatic rings. The first-order valence-corrected chi connectivity index (χ1v) is 14.2. The smallest absolute Gasteiger partial charge is 0.338 e. The van der Waals surface area contributed by atoms with Gasteiger partial charge >= 0.3 is 5.97 Å². The van der Waals surface area contributed by atoms with Crippen LogP contribution in [0.3, 0.4) is 0 Å². The number of hydrogen-bond donors (Lipinski definition) is 0. The van der Waals surface area contributed by atoms with Gasteiger partial charge < -0.3 is 33.2 Å². The van der Waals surface area contributed by atoms with Crippen LogP contribution in [-0.4, -0.2) is 75.2 Å². The van der Waals surface area contributed by atoms with Crippen LogP contribution in [0.2, 0.25) is 0 Å².